The minimum absolute atomic E-state index is 0.00631. The molecule has 0 spiro atoms. The van der Waals surface area contributed by atoms with E-state index in [2.05, 4.69) is 6.07 Å². The van der Waals surface area contributed by atoms with Gasteiger partial charge in [-0.2, -0.15) is 5.26 Å². The zero-order valence-corrected chi connectivity index (χ0v) is 17.4. The van der Waals surface area contributed by atoms with Gasteiger partial charge in [0, 0.05) is 40.4 Å². The van der Waals surface area contributed by atoms with Crippen LogP contribution in [-0.4, -0.2) is 10.7 Å². The standard InChI is InChI=1S/C22H20N4O3S/c1-22(2)10-16-20(17(27)11-22)19(18-4-3-9-30-18)15(12-23)21(24)25(16)13-5-7-14(8-6-13)26(28)29/h3-9,19H,10-11,24H2,1-2H3/t19-/m0/s1. The fraction of sp³-hybridized carbons (Fsp3) is 0.273. The van der Waals surface area contributed by atoms with E-state index in [0.717, 1.165) is 10.6 Å². The minimum atomic E-state index is -0.483. The van der Waals surface area contributed by atoms with Crippen molar-refractivity contribution in [3.63, 3.8) is 0 Å². The number of nitro groups is 1. The third kappa shape index (κ3) is 3.17. The Morgan fingerprint density at radius 2 is 1.97 bits per heavy atom. The van der Waals surface area contributed by atoms with E-state index < -0.39 is 10.8 Å². The Labute approximate surface area is 177 Å². The lowest BCUT2D eigenvalue weighted by Crippen LogP contribution is -2.42. The quantitative estimate of drug-likeness (QED) is 0.573. The van der Waals surface area contributed by atoms with Crippen LogP contribution in [0.1, 0.15) is 37.5 Å². The van der Waals surface area contributed by atoms with Crippen LogP contribution in [0.4, 0.5) is 11.4 Å². The van der Waals surface area contributed by atoms with Gasteiger partial charge in [0.25, 0.3) is 5.69 Å². The van der Waals surface area contributed by atoms with Crippen molar-refractivity contribution in [1.29, 1.82) is 5.26 Å². The lowest BCUT2D eigenvalue weighted by atomic mass is 9.69. The molecular formula is C22H20N4O3S. The SMILES string of the molecule is CC1(C)CC(=O)C2=C(C1)N(c1ccc([N+](=O)[O-])cc1)C(N)=C(C#N)[C@H]2c1cccs1. The molecule has 0 amide bonds. The summed E-state index contributed by atoms with van der Waals surface area (Å²) in [6, 6.07) is 12.0. The molecule has 7 nitrogen and oxygen atoms in total. The van der Waals surface area contributed by atoms with Crippen LogP contribution < -0.4 is 10.6 Å². The molecule has 30 heavy (non-hydrogen) atoms. The van der Waals surface area contributed by atoms with Crippen LogP contribution in [0.15, 0.2) is 64.4 Å². The first-order valence-corrected chi connectivity index (χ1v) is 10.4. The van der Waals surface area contributed by atoms with Gasteiger partial charge in [0.05, 0.1) is 22.5 Å². The number of nitriles is 1. The number of allylic oxidation sites excluding steroid dienone is 3. The van der Waals surface area contributed by atoms with Gasteiger partial charge in [0.15, 0.2) is 5.78 Å². The number of carbonyl (C=O) groups excluding carboxylic acids is 1. The van der Waals surface area contributed by atoms with Crippen molar-refractivity contribution in [2.75, 3.05) is 4.90 Å². The Hall–Kier alpha value is -3.44. The van der Waals surface area contributed by atoms with Crippen molar-refractivity contribution in [3.05, 3.63) is 79.4 Å². The summed E-state index contributed by atoms with van der Waals surface area (Å²) >= 11 is 1.49. The molecule has 0 bridgehead atoms. The van der Waals surface area contributed by atoms with E-state index in [0.29, 0.717) is 29.7 Å². The van der Waals surface area contributed by atoms with Gasteiger partial charge in [-0.1, -0.05) is 19.9 Å². The van der Waals surface area contributed by atoms with E-state index in [1.54, 1.807) is 17.0 Å². The number of carbonyl (C=O) groups is 1. The number of nitrogens with zero attached hydrogens (tertiary/aromatic N) is 3. The monoisotopic (exact) mass is 420 g/mol. The first-order chi connectivity index (χ1) is 14.2. The van der Waals surface area contributed by atoms with Gasteiger partial charge in [-0.05, 0) is 35.4 Å². The average molecular weight is 420 g/mol. The number of hydrogen-bond donors (Lipinski definition) is 1. The molecule has 8 heteroatoms. The Morgan fingerprint density at radius 3 is 2.53 bits per heavy atom. The maximum absolute atomic E-state index is 13.3. The lowest BCUT2D eigenvalue weighted by molar-refractivity contribution is -0.384. The predicted octanol–water partition coefficient (Wildman–Crippen LogP) is 4.60. The smallest absolute Gasteiger partial charge is 0.269 e. The van der Waals surface area contributed by atoms with Crippen LogP contribution in [-0.2, 0) is 4.79 Å². The van der Waals surface area contributed by atoms with Crippen LogP contribution in [0.5, 0.6) is 0 Å². The second-order valence-electron chi connectivity index (χ2n) is 8.27. The molecule has 1 atom stereocenters. The molecule has 0 saturated heterocycles. The number of thiophene rings is 1. The number of rotatable bonds is 3. The van der Waals surface area contributed by atoms with Crippen LogP contribution in [0.2, 0.25) is 0 Å². The Morgan fingerprint density at radius 1 is 1.27 bits per heavy atom. The highest BCUT2D eigenvalue weighted by Gasteiger charge is 2.45. The molecule has 0 fully saturated rings. The molecule has 0 radical (unpaired) electrons. The van der Waals surface area contributed by atoms with E-state index in [-0.39, 0.29) is 22.7 Å². The third-order valence-corrected chi connectivity index (χ3v) is 6.46. The number of hydrogen-bond acceptors (Lipinski definition) is 7. The van der Waals surface area contributed by atoms with Gasteiger partial charge >= 0.3 is 0 Å². The topological polar surface area (TPSA) is 113 Å². The van der Waals surface area contributed by atoms with Crippen molar-refractivity contribution in [2.45, 2.75) is 32.6 Å². The molecule has 0 saturated carbocycles. The largest absolute Gasteiger partial charge is 0.384 e. The molecule has 1 aliphatic carbocycles. The number of anilines is 1. The predicted molar refractivity (Wildman–Crippen MR) is 115 cm³/mol. The first-order valence-electron chi connectivity index (χ1n) is 9.47. The normalized spacial score (nSPS) is 20.8. The number of nitrogens with two attached hydrogens (primary N) is 1. The molecule has 1 aromatic heterocycles. The summed E-state index contributed by atoms with van der Waals surface area (Å²) in [5.41, 5.74) is 8.48. The number of nitro benzene ring substituents is 1. The molecule has 152 valence electrons. The molecule has 4 rings (SSSR count). The lowest BCUT2D eigenvalue weighted by Gasteiger charge is -2.43. The van der Waals surface area contributed by atoms with E-state index in [9.17, 15) is 20.2 Å². The van der Waals surface area contributed by atoms with E-state index in [4.69, 9.17) is 5.73 Å². The number of ketones is 1. The average Bonchev–Trinajstić information content (AvgIpc) is 3.20. The van der Waals surface area contributed by atoms with Crippen molar-refractivity contribution in [2.24, 2.45) is 11.1 Å². The highest BCUT2D eigenvalue weighted by molar-refractivity contribution is 7.10. The third-order valence-electron chi connectivity index (χ3n) is 5.53. The molecule has 2 N–H and O–H groups in total. The van der Waals surface area contributed by atoms with Gasteiger partial charge in [-0.25, -0.2) is 0 Å². The number of benzene rings is 1. The first kappa shape index (κ1) is 19.9. The van der Waals surface area contributed by atoms with Crippen LogP contribution >= 0.6 is 11.3 Å². The summed E-state index contributed by atoms with van der Waals surface area (Å²) in [5.74, 6) is -0.219. The molecule has 2 heterocycles. The van der Waals surface area contributed by atoms with Crippen molar-refractivity contribution >= 4 is 28.5 Å². The van der Waals surface area contributed by atoms with Crippen molar-refractivity contribution in [3.8, 4) is 6.07 Å². The molecule has 0 unspecified atom stereocenters. The summed E-state index contributed by atoms with van der Waals surface area (Å²) in [6.45, 7) is 4.06. The Bertz CT molecular complexity index is 1140. The van der Waals surface area contributed by atoms with Gasteiger partial charge in [-0.15, -0.1) is 11.3 Å². The highest BCUT2D eigenvalue weighted by atomic mass is 32.1. The molecule has 1 aromatic carbocycles. The highest BCUT2D eigenvalue weighted by Crippen LogP contribution is 2.50. The summed E-state index contributed by atoms with van der Waals surface area (Å²) in [5, 5.41) is 22.9. The second kappa shape index (κ2) is 7.11. The summed E-state index contributed by atoms with van der Waals surface area (Å²) in [6.07, 6.45) is 0.993. The van der Waals surface area contributed by atoms with Crippen LogP contribution in [0.25, 0.3) is 0 Å². The van der Waals surface area contributed by atoms with E-state index >= 15 is 0 Å². The van der Waals surface area contributed by atoms with Crippen LogP contribution in [0, 0.1) is 26.9 Å². The van der Waals surface area contributed by atoms with E-state index in [1.807, 2.05) is 31.4 Å². The second-order valence-corrected chi connectivity index (χ2v) is 9.25. The van der Waals surface area contributed by atoms with Gasteiger partial charge in [0.1, 0.15) is 5.82 Å². The van der Waals surface area contributed by atoms with Crippen LogP contribution in [0.3, 0.4) is 0 Å². The maximum atomic E-state index is 13.3. The summed E-state index contributed by atoms with van der Waals surface area (Å²) in [7, 11) is 0. The fourth-order valence-electron chi connectivity index (χ4n) is 4.27. The van der Waals surface area contributed by atoms with Crippen molar-refractivity contribution in [1.82, 2.24) is 0 Å². The summed E-state index contributed by atoms with van der Waals surface area (Å²) < 4.78 is 0. The molecule has 1 aliphatic heterocycles. The van der Waals surface area contributed by atoms with Gasteiger partial charge in [0.2, 0.25) is 0 Å². The fourth-order valence-corrected chi connectivity index (χ4v) is 5.11. The molecular weight excluding hydrogens is 400 g/mol. The van der Waals surface area contributed by atoms with Gasteiger partial charge < -0.3 is 5.73 Å². The Kier molecular flexibility index (Phi) is 4.71. The number of non-ortho nitro benzene ring substituents is 1. The minimum Gasteiger partial charge on any atom is -0.384 e. The maximum Gasteiger partial charge on any atom is 0.269 e. The summed E-state index contributed by atoms with van der Waals surface area (Å²) in [4.78, 5) is 26.5. The van der Waals surface area contributed by atoms with Crippen molar-refractivity contribution < 1.29 is 9.72 Å². The molecule has 2 aromatic rings. The number of Topliss-reactive ketones (excluding diaryl/α,β-unsaturated/α-hetero) is 1. The molecule has 2 aliphatic rings. The Balaban J connectivity index is 1.95. The van der Waals surface area contributed by atoms with Gasteiger partial charge in [-0.3, -0.25) is 19.8 Å². The zero-order valence-electron chi connectivity index (χ0n) is 16.6. The zero-order chi connectivity index (χ0) is 21.6. The van der Waals surface area contributed by atoms with E-state index in [1.165, 1.54) is 23.5 Å².